The lowest BCUT2D eigenvalue weighted by Gasteiger charge is -2.08. The van der Waals surface area contributed by atoms with Crippen molar-refractivity contribution in [1.29, 1.82) is 0 Å². The molecule has 3 nitrogen and oxygen atoms in total. The maximum atomic E-state index is 11.3. The lowest BCUT2D eigenvalue weighted by molar-refractivity contribution is 0.481. The molecule has 2 aromatic rings. The molecule has 1 atom stereocenters. The van der Waals surface area contributed by atoms with Gasteiger partial charge < -0.3 is 10.1 Å². The highest BCUT2D eigenvalue weighted by Crippen LogP contribution is 2.21. The second-order valence-corrected chi connectivity index (χ2v) is 6.54. The summed E-state index contributed by atoms with van der Waals surface area (Å²) in [6.45, 7) is 3.47. The summed E-state index contributed by atoms with van der Waals surface area (Å²) in [5.74, 6) is 3.09. The number of hydrogen-bond donors (Lipinski definition) is 1. The van der Waals surface area contributed by atoms with Crippen molar-refractivity contribution >= 4 is 10.8 Å². The Morgan fingerprint density at radius 2 is 1.81 bits per heavy atom. The van der Waals surface area contributed by atoms with Crippen LogP contribution in [-0.4, -0.2) is 22.3 Å². The fourth-order valence-corrected chi connectivity index (χ4v) is 2.57. The molecule has 0 aliphatic rings. The van der Waals surface area contributed by atoms with Gasteiger partial charge in [-0.2, -0.15) is 0 Å². The predicted octanol–water partition coefficient (Wildman–Crippen LogP) is 3.34. The molecule has 2 aromatic carbocycles. The van der Waals surface area contributed by atoms with Crippen LogP contribution >= 0.6 is 0 Å². The molecule has 2 rings (SSSR count). The van der Waals surface area contributed by atoms with E-state index >= 15 is 0 Å². The molecule has 0 aromatic heterocycles. The Kier molecular flexibility index (Phi) is 6.44. The van der Waals surface area contributed by atoms with Gasteiger partial charge in [-0.15, -0.1) is 0 Å². The summed E-state index contributed by atoms with van der Waals surface area (Å²) in [5.41, 5.74) is 1.16. The van der Waals surface area contributed by atoms with Crippen molar-refractivity contribution in [3.05, 3.63) is 60.2 Å². The highest BCUT2D eigenvalue weighted by Gasteiger charge is 2.00. The summed E-state index contributed by atoms with van der Waals surface area (Å²) in [6, 6.07) is 17.8. The van der Waals surface area contributed by atoms with E-state index in [0.29, 0.717) is 5.75 Å². The molecule has 0 aliphatic carbocycles. The van der Waals surface area contributed by atoms with Gasteiger partial charge in [0.25, 0.3) is 0 Å². The third-order valence-electron chi connectivity index (χ3n) is 3.03. The van der Waals surface area contributed by atoms with Gasteiger partial charge in [-0.1, -0.05) is 37.3 Å². The van der Waals surface area contributed by atoms with Gasteiger partial charge in [-0.25, -0.2) is 0 Å². The van der Waals surface area contributed by atoms with E-state index in [9.17, 15) is 4.21 Å². The average molecular weight is 303 g/mol. The third-order valence-corrected chi connectivity index (χ3v) is 4.34. The Morgan fingerprint density at radius 1 is 1.05 bits per heavy atom. The van der Waals surface area contributed by atoms with E-state index in [1.54, 1.807) is 0 Å². The minimum Gasteiger partial charge on any atom is -0.457 e. The average Bonchev–Trinajstić information content (AvgIpc) is 2.52. The normalized spacial score (nSPS) is 12.0. The van der Waals surface area contributed by atoms with E-state index in [4.69, 9.17) is 4.74 Å². The number of rotatable bonds is 8. The Morgan fingerprint density at radius 3 is 2.57 bits per heavy atom. The zero-order valence-electron chi connectivity index (χ0n) is 12.2. The van der Waals surface area contributed by atoms with Gasteiger partial charge in [0.15, 0.2) is 0 Å². The first-order chi connectivity index (χ1) is 10.3. The maximum absolute atomic E-state index is 11.3. The van der Waals surface area contributed by atoms with Crippen LogP contribution in [0.3, 0.4) is 0 Å². The van der Waals surface area contributed by atoms with Crippen molar-refractivity contribution in [3.8, 4) is 11.5 Å². The zero-order valence-corrected chi connectivity index (χ0v) is 13.1. The summed E-state index contributed by atoms with van der Waals surface area (Å²) in [5, 5.41) is 3.31. The molecule has 112 valence electrons. The standard InChI is InChI=1S/C17H21NO2S/c1-2-21(19)12-11-18-14-15-7-6-10-17(13-15)20-16-8-4-3-5-9-16/h3-10,13,18H,2,11-12,14H2,1H3. The monoisotopic (exact) mass is 303 g/mol. The molecule has 4 heteroatoms. The third kappa shape index (κ3) is 5.69. The van der Waals surface area contributed by atoms with Crippen LogP contribution in [0.2, 0.25) is 0 Å². The van der Waals surface area contributed by atoms with Crippen LogP contribution in [0.25, 0.3) is 0 Å². The Bertz CT molecular complexity index is 572. The number of para-hydroxylation sites is 1. The molecule has 0 radical (unpaired) electrons. The first-order valence-electron chi connectivity index (χ1n) is 7.15. The van der Waals surface area contributed by atoms with Crippen molar-refractivity contribution in [2.24, 2.45) is 0 Å². The molecule has 1 unspecified atom stereocenters. The maximum Gasteiger partial charge on any atom is 0.127 e. The highest BCUT2D eigenvalue weighted by molar-refractivity contribution is 7.84. The van der Waals surface area contributed by atoms with E-state index in [0.717, 1.165) is 35.9 Å². The molecule has 0 saturated carbocycles. The SMILES string of the molecule is CCS(=O)CCNCc1cccc(Oc2ccccc2)c1. The van der Waals surface area contributed by atoms with Crippen LogP contribution in [0.4, 0.5) is 0 Å². The van der Waals surface area contributed by atoms with Gasteiger partial charge >= 0.3 is 0 Å². The van der Waals surface area contributed by atoms with Crippen LogP contribution in [0.1, 0.15) is 12.5 Å². The molecular weight excluding hydrogens is 282 g/mol. The second-order valence-electron chi connectivity index (χ2n) is 4.67. The summed E-state index contributed by atoms with van der Waals surface area (Å²) >= 11 is 0. The molecule has 0 fully saturated rings. The summed E-state index contributed by atoms with van der Waals surface area (Å²) in [7, 11) is -0.703. The summed E-state index contributed by atoms with van der Waals surface area (Å²) in [6.07, 6.45) is 0. The van der Waals surface area contributed by atoms with E-state index in [1.165, 1.54) is 0 Å². The van der Waals surface area contributed by atoms with Gasteiger partial charge in [-0.3, -0.25) is 4.21 Å². The molecule has 0 saturated heterocycles. The van der Waals surface area contributed by atoms with Gasteiger partial charge in [0.05, 0.1) is 0 Å². The van der Waals surface area contributed by atoms with Crippen molar-refractivity contribution in [3.63, 3.8) is 0 Å². The van der Waals surface area contributed by atoms with Crippen LogP contribution < -0.4 is 10.1 Å². The van der Waals surface area contributed by atoms with Gasteiger partial charge in [0, 0.05) is 35.4 Å². The van der Waals surface area contributed by atoms with E-state index in [1.807, 2.05) is 55.5 Å². The quantitative estimate of drug-likeness (QED) is 0.760. The fourth-order valence-electron chi connectivity index (χ4n) is 1.91. The number of benzene rings is 2. The number of ether oxygens (including phenoxy) is 1. The predicted molar refractivity (Wildman–Crippen MR) is 88.2 cm³/mol. The molecule has 21 heavy (non-hydrogen) atoms. The van der Waals surface area contributed by atoms with E-state index in [2.05, 4.69) is 11.4 Å². The Hall–Kier alpha value is -1.65. The molecular formula is C17H21NO2S. The van der Waals surface area contributed by atoms with Crippen LogP contribution in [-0.2, 0) is 17.3 Å². The van der Waals surface area contributed by atoms with Crippen molar-refractivity contribution in [2.45, 2.75) is 13.5 Å². The Balaban J connectivity index is 1.85. The molecule has 0 bridgehead atoms. The molecule has 0 aliphatic heterocycles. The van der Waals surface area contributed by atoms with Crippen LogP contribution in [0, 0.1) is 0 Å². The van der Waals surface area contributed by atoms with Crippen molar-refractivity contribution in [1.82, 2.24) is 5.32 Å². The topological polar surface area (TPSA) is 38.3 Å². The van der Waals surface area contributed by atoms with Crippen molar-refractivity contribution in [2.75, 3.05) is 18.1 Å². The number of nitrogens with one attached hydrogen (secondary N) is 1. The largest absolute Gasteiger partial charge is 0.457 e. The lowest BCUT2D eigenvalue weighted by Crippen LogP contribution is -2.20. The molecule has 0 spiro atoms. The van der Waals surface area contributed by atoms with Gasteiger partial charge in [0.2, 0.25) is 0 Å². The minimum absolute atomic E-state index is 0.703. The molecule has 1 N–H and O–H groups in total. The fraction of sp³-hybridized carbons (Fsp3) is 0.294. The minimum atomic E-state index is -0.703. The Labute approximate surface area is 128 Å². The highest BCUT2D eigenvalue weighted by atomic mass is 32.2. The van der Waals surface area contributed by atoms with E-state index < -0.39 is 10.8 Å². The second kappa shape index (κ2) is 8.60. The first kappa shape index (κ1) is 15.7. The zero-order chi connectivity index (χ0) is 14.9. The number of hydrogen-bond acceptors (Lipinski definition) is 3. The van der Waals surface area contributed by atoms with Gasteiger partial charge in [0.1, 0.15) is 11.5 Å². The lowest BCUT2D eigenvalue weighted by atomic mass is 10.2. The first-order valence-corrected chi connectivity index (χ1v) is 8.64. The summed E-state index contributed by atoms with van der Waals surface area (Å²) < 4.78 is 17.1. The van der Waals surface area contributed by atoms with Crippen LogP contribution in [0.5, 0.6) is 11.5 Å². The molecule has 0 amide bonds. The van der Waals surface area contributed by atoms with Crippen LogP contribution in [0.15, 0.2) is 54.6 Å². The molecule has 0 heterocycles. The van der Waals surface area contributed by atoms with Crippen molar-refractivity contribution < 1.29 is 8.95 Å². The van der Waals surface area contributed by atoms with E-state index in [-0.39, 0.29) is 0 Å². The summed E-state index contributed by atoms with van der Waals surface area (Å²) in [4.78, 5) is 0. The van der Waals surface area contributed by atoms with Gasteiger partial charge in [-0.05, 0) is 29.8 Å². The smallest absolute Gasteiger partial charge is 0.127 e.